The van der Waals surface area contributed by atoms with Gasteiger partial charge >= 0.3 is 31.4 Å². The van der Waals surface area contributed by atoms with E-state index < -0.39 is 23.9 Å². The summed E-state index contributed by atoms with van der Waals surface area (Å²) in [5.74, 6) is 0.606. The molecule has 0 aliphatic rings. The number of phenols is 3. The van der Waals surface area contributed by atoms with E-state index in [2.05, 4.69) is 99.3 Å². The second-order valence-electron chi connectivity index (χ2n) is 16.9. The number of hydrogen-bond acceptors (Lipinski definition) is 22. The molecule has 86 heavy (non-hydrogen) atoms. The van der Waals surface area contributed by atoms with E-state index in [9.17, 15) is 43.8 Å². The van der Waals surface area contributed by atoms with E-state index in [1.54, 1.807) is 46.8 Å². The highest BCUT2D eigenvalue weighted by Gasteiger charge is 2.15. The summed E-state index contributed by atoms with van der Waals surface area (Å²) in [5.41, 5.74) is 6.64. The summed E-state index contributed by atoms with van der Waals surface area (Å²) in [6.45, 7) is 3.27. The highest BCUT2D eigenvalue weighted by atomic mass is 33.1. The molecular weight excluding hydrogens is 1240 g/mol. The molecule has 0 atom stereocenters. The molecule has 0 heterocycles. The number of Topliss-reactive ketones (excluding diaryl/α,β-unsaturated/α-hetero) is 2. The van der Waals surface area contributed by atoms with Gasteiger partial charge in [0.15, 0.2) is 0 Å². The number of carbonyl (C=O) groups excluding carboxylic acids is 5. The molecule has 0 aliphatic carbocycles. The standard InChI is InChI=1S/C34H45NO5S3.C13H17NO4S2.C8H8O3.C5H9BNO3S2/c1-2-3-4-5-6-7-8-9-10-11-12-13-14-15-16-17-18-19-23-41-28-33(38)35-22-24-42-43-27-30(36)25-29-20-21-32(37)31(26-29)34(39)40;1-18-13(17)11-7-9(2-3-12(11)16)6-10(15)8-20-19-5-4-14;1-11-8(10)6-4-2-3-5-7(6)9;7-4-10-6-1-2-11-12-3-5(8)9/h3-4,6-7,9-10,12-13,15-16,18-21,26,37H,2,5,8,11,14,17,22-25,27-28H2,1H3,(H,35,38)(H,39,40);2-3,7,16H,4-6,8,14H2,1H3;2-5,9H,1H3;4,7H,1-3H2,(H,8,9)/b4-3-,7-6-,10-9-,13-12-,16-15-,19-18-;;;. The maximum absolute atomic E-state index is 12.1. The third kappa shape index (κ3) is 45.5. The predicted molar refractivity (Wildman–Crippen MR) is 362 cm³/mol. The predicted octanol–water partition coefficient (Wildman–Crippen LogP) is 12.1. The number of carbonyl (C=O) groups is 7. The Hall–Kier alpha value is -5.87. The smallest absolute Gasteiger partial charge is 0.371 e. The largest absolute Gasteiger partial charge is 0.556 e. The van der Waals surface area contributed by atoms with Gasteiger partial charge in [-0.25, -0.2) is 14.4 Å². The zero-order valence-corrected chi connectivity index (χ0v) is 54.3. The fraction of sp³-hybridized carbons (Fsp3) is 0.367. The van der Waals surface area contributed by atoms with Crippen molar-refractivity contribution >= 4 is 132 Å². The van der Waals surface area contributed by atoms with E-state index in [0.717, 1.165) is 62.2 Å². The van der Waals surface area contributed by atoms with Crippen molar-refractivity contribution in [2.45, 2.75) is 64.6 Å². The second-order valence-corrected chi connectivity index (χ2v) is 25.6. The van der Waals surface area contributed by atoms with Crippen LogP contribution >= 0.6 is 76.5 Å². The lowest BCUT2D eigenvalue weighted by atomic mass is 9.98. The average molecular weight is 1320 g/mol. The number of amides is 1. The van der Waals surface area contributed by atoms with Gasteiger partial charge in [-0.3, -0.25) is 24.6 Å². The number of methoxy groups -OCH3 is 2. The molecule has 3 aromatic rings. The van der Waals surface area contributed by atoms with Crippen molar-refractivity contribution in [3.05, 3.63) is 161 Å². The Morgan fingerprint density at radius 3 is 1.53 bits per heavy atom. The number of rotatable bonds is 41. The number of allylic oxidation sites excluding steroid dienone is 11. The van der Waals surface area contributed by atoms with Crippen LogP contribution in [0.1, 0.15) is 87.6 Å². The Morgan fingerprint density at radius 2 is 1.03 bits per heavy atom. The number of esters is 2. The normalized spacial score (nSPS) is 10.9. The molecule has 9 N–H and O–H groups in total. The van der Waals surface area contributed by atoms with E-state index in [-0.39, 0.29) is 75.8 Å². The van der Waals surface area contributed by atoms with Crippen molar-refractivity contribution in [3.8, 4) is 17.2 Å². The number of aliphatic carboxylic acids is 1. The zero-order valence-electron chi connectivity index (χ0n) is 48.5. The Balaban J connectivity index is 0.00000136. The molecule has 26 heteroatoms. The molecule has 0 saturated carbocycles. The number of nitrogens with one attached hydrogen (secondary N) is 2. The maximum Gasteiger partial charge on any atom is 0.371 e. The number of para-hydroxylation sites is 1. The van der Waals surface area contributed by atoms with Crippen molar-refractivity contribution < 1.29 is 73.2 Å². The van der Waals surface area contributed by atoms with E-state index in [1.165, 1.54) is 112 Å². The lowest BCUT2D eigenvalue weighted by Gasteiger charge is -2.06. The number of carboxylic acids is 2. The molecule has 0 spiro atoms. The third-order valence-corrected chi connectivity index (χ3v) is 17.9. The number of carboxylic acid groups (broad SMARTS) is 2. The van der Waals surface area contributed by atoms with Gasteiger partial charge in [-0.05, 0) is 92.4 Å². The van der Waals surface area contributed by atoms with E-state index in [1.807, 2.05) is 0 Å². The molecule has 3 aromatic carbocycles. The highest BCUT2D eigenvalue weighted by Crippen LogP contribution is 2.25. The highest BCUT2D eigenvalue weighted by molar-refractivity contribution is 8.77. The van der Waals surface area contributed by atoms with Gasteiger partial charge in [-0.15, -0.1) is 11.8 Å². The van der Waals surface area contributed by atoms with Crippen LogP contribution in [-0.2, 0) is 46.1 Å². The third-order valence-electron chi connectivity index (χ3n) is 9.98. The zero-order chi connectivity index (χ0) is 63.8. The van der Waals surface area contributed by atoms with E-state index in [0.29, 0.717) is 47.8 Å². The minimum absolute atomic E-state index is 0.000492. The molecule has 469 valence electrons. The second kappa shape index (κ2) is 55.7. The summed E-state index contributed by atoms with van der Waals surface area (Å²) in [7, 11) is 12.8. The molecule has 0 bridgehead atoms. The van der Waals surface area contributed by atoms with Gasteiger partial charge in [0.05, 0.1) is 31.5 Å². The molecule has 0 saturated heterocycles. The topological polar surface area (TPSA) is 310 Å². The van der Waals surface area contributed by atoms with Crippen LogP contribution in [0.25, 0.3) is 0 Å². The Morgan fingerprint density at radius 1 is 0.570 bits per heavy atom. The molecule has 0 aromatic heterocycles. The summed E-state index contributed by atoms with van der Waals surface area (Å²) in [4.78, 5) is 79.3. The molecule has 0 aliphatic heterocycles. The number of ether oxygens (including phenoxy) is 2. The van der Waals surface area contributed by atoms with Crippen LogP contribution in [-0.4, -0.2) is 154 Å². The number of hydrogen-bond donors (Lipinski definition) is 8. The van der Waals surface area contributed by atoms with Crippen molar-refractivity contribution in [2.75, 3.05) is 73.3 Å². The molecular formula is C60H79BN3O15S7. The quantitative estimate of drug-likeness (QED) is 0.00498. The minimum atomic E-state index is -1.23. The molecule has 0 unspecified atom stereocenters. The number of aromatic hydroxyl groups is 3. The first kappa shape index (κ1) is 80.1. The molecule has 0 fully saturated rings. The summed E-state index contributed by atoms with van der Waals surface area (Å²) < 4.78 is 13.5. The fourth-order valence-corrected chi connectivity index (χ4v) is 12.0. The van der Waals surface area contributed by atoms with E-state index >= 15 is 0 Å². The number of benzene rings is 3. The van der Waals surface area contributed by atoms with Crippen molar-refractivity contribution in [1.82, 2.24) is 5.32 Å². The monoisotopic (exact) mass is 1320 g/mol. The summed E-state index contributed by atoms with van der Waals surface area (Å²) in [5, 5.41) is 54.9. The van der Waals surface area contributed by atoms with E-state index in [4.69, 9.17) is 26.5 Å². The molecule has 1 amide bonds. The van der Waals surface area contributed by atoms with Gasteiger partial charge in [-0.1, -0.05) is 169 Å². The van der Waals surface area contributed by atoms with Gasteiger partial charge in [0.1, 0.15) is 57.7 Å². The number of nitrogens with two attached hydrogens (primary N) is 1. The molecule has 3 rings (SSSR count). The van der Waals surface area contributed by atoms with Gasteiger partial charge in [-0.2, -0.15) is 0 Å². The summed E-state index contributed by atoms with van der Waals surface area (Å²) in [6.07, 6.45) is 33.8. The van der Waals surface area contributed by atoms with Gasteiger partial charge in [0.25, 0.3) is 0 Å². The van der Waals surface area contributed by atoms with Crippen LogP contribution in [0.15, 0.2) is 134 Å². The van der Waals surface area contributed by atoms with Crippen molar-refractivity contribution in [1.29, 1.82) is 5.41 Å². The van der Waals surface area contributed by atoms with Crippen LogP contribution in [0.3, 0.4) is 0 Å². The van der Waals surface area contributed by atoms with Gasteiger partial charge < -0.3 is 50.7 Å². The number of ketones is 2. The maximum atomic E-state index is 12.1. The number of phenolic OH excluding ortho intramolecular Hbond substituents is 2. The fourth-order valence-electron chi connectivity index (χ4n) is 5.98. The van der Waals surface area contributed by atoms with Crippen molar-refractivity contribution in [2.24, 2.45) is 5.73 Å². The van der Waals surface area contributed by atoms with Crippen LogP contribution in [0.2, 0.25) is 6.32 Å². The first-order valence-corrected chi connectivity index (χ1v) is 35.4. The van der Waals surface area contributed by atoms with Crippen LogP contribution in [0, 0.1) is 5.41 Å². The first-order valence-electron chi connectivity index (χ1n) is 26.7. The molecule has 1 radical (unpaired) electrons. The lowest BCUT2D eigenvalue weighted by molar-refractivity contribution is -0.134. The van der Waals surface area contributed by atoms with Crippen LogP contribution in [0.5, 0.6) is 17.2 Å². The SMILES string of the molecule is CC/C=C\C/C=C\C/C=C\C/C=C\C/C=C\C/C=C\CSCC(=O)NCCSSCC(=O)Cc1ccc(O)c(C(=O)O)c1.COC(=O)c1cc(CC(=O)CSSCCN)ccc1O.COC(=O)c1ccccc1O.N=CO[B]CCSSCC(=O)O. The number of thioether (sulfide) groups is 1. The Kier molecular flexibility index (Phi) is 51.9. The summed E-state index contributed by atoms with van der Waals surface area (Å²) >= 11 is 1.57. The van der Waals surface area contributed by atoms with Crippen molar-refractivity contribution in [3.63, 3.8) is 0 Å². The number of aromatic carboxylic acids is 1. The average Bonchev–Trinajstić information content (AvgIpc) is 3.71. The van der Waals surface area contributed by atoms with Gasteiger partial charge in [0, 0.05) is 48.9 Å². The Bertz CT molecular complexity index is 2660. The van der Waals surface area contributed by atoms with Crippen LogP contribution < -0.4 is 11.1 Å². The molecule has 18 nitrogen and oxygen atoms in total. The first-order chi connectivity index (χ1) is 41.5. The van der Waals surface area contributed by atoms with Crippen LogP contribution in [0.4, 0.5) is 0 Å². The summed E-state index contributed by atoms with van der Waals surface area (Å²) in [6, 6.07) is 14.9. The lowest BCUT2D eigenvalue weighted by Crippen LogP contribution is -2.27. The van der Waals surface area contributed by atoms with Gasteiger partial charge in [0.2, 0.25) is 5.91 Å². The Labute approximate surface area is 534 Å². The minimum Gasteiger partial charge on any atom is -0.556 e.